The van der Waals surface area contributed by atoms with E-state index in [1.807, 2.05) is 48.7 Å². The highest BCUT2D eigenvalue weighted by Crippen LogP contribution is 2.32. The zero-order chi connectivity index (χ0) is 19.8. The van der Waals surface area contributed by atoms with Crippen LogP contribution in [0.15, 0.2) is 94.9 Å². The Morgan fingerprint density at radius 3 is 2.45 bits per heavy atom. The van der Waals surface area contributed by atoms with Crippen molar-refractivity contribution in [2.45, 2.75) is 10.8 Å². The second-order valence-corrected chi connectivity index (χ2v) is 8.69. The van der Waals surface area contributed by atoms with Crippen molar-refractivity contribution in [1.82, 2.24) is 9.71 Å². The molecule has 0 bridgehead atoms. The van der Waals surface area contributed by atoms with Gasteiger partial charge in [0.15, 0.2) is 0 Å². The van der Waals surface area contributed by atoms with Gasteiger partial charge in [-0.25, -0.2) is 8.42 Å². The molecule has 1 aliphatic heterocycles. The second kappa shape index (κ2) is 6.90. The Kier molecular flexibility index (Phi) is 4.21. The van der Waals surface area contributed by atoms with E-state index in [1.165, 1.54) is 0 Å². The summed E-state index contributed by atoms with van der Waals surface area (Å²) in [7, 11) is -3.54. The van der Waals surface area contributed by atoms with Gasteiger partial charge in [0.25, 0.3) is 10.0 Å². The molecule has 2 N–H and O–H groups in total. The number of fused-ring (bicyclic) bond motifs is 2. The molecule has 0 unspecified atom stereocenters. The third-order valence-electron chi connectivity index (χ3n) is 5.29. The first-order valence-corrected chi connectivity index (χ1v) is 10.9. The number of rotatable bonds is 4. The van der Waals surface area contributed by atoms with Crippen molar-refractivity contribution in [3.8, 4) is 0 Å². The van der Waals surface area contributed by atoms with Crippen LogP contribution in [0, 0.1) is 0 Å². The molecule has 1 aliphatic rings. The van der Waals surface area contributed by atoms with Gasteiger partial charge in [0.2, 0.25) is 0 Å². The van der Waals surface area contributed by atoms with Crippen molar-refractivity contribution < 1.29 is 8.42 Å². The van der Waals surface area contributed by atoms with Crippen LogP contribution in [0.1, 0.15) is 22.6 Å². The Hall–Kier alpha value is -3.38. The Labute approximate surface area is 169 Å². The third-order valence-corrected chi connectivity index (χ3v) is 6.69. The minimum atomic E-state index is -3.54. The van der Waals surface area contributed by atoms with Gasteiger partial charge in [0.1, 0.15) is 5.84 Å². The van der Waals surface area contributed by atoms with Gasteiger partial charge in [0, 0.05) is 28.6 Å². The number of aromatic amines is 1. The van der Waals surface area contributed by atoms with Crippen LogP contribution in [0.5, 0.6) is 0 Å². The van der Waals surface area contributed by atoms with Gasteiger partial charge < -0.3 is 4.98 Å². The number of nitrogens with zero attached hydrogens (tertiary/aromatic N) is 1. The fourth-order valence-electron chi connectivity index (χ4n) is 3.88. The molecule has 5 rings (SSSR count). The van der Waals surface area contributed by atoms with E-state index in [0.29, 0.717) is 17.9 Å². The molecule has 0 aliphatic carbocycles. The Balaban J connectivity index is 1.58. The summed E-state index contributed by atoms with van der Waals surface area (Å²) < 4.78 is 27.4. The summed E-state index contributed by atoms with van der Waals surface area (Å²) in [5.74, 6) is 0.401. The molecule has 2 heterocycles. The van der Waals surface area contributed by atoms with Gasteiger partial charge in [-0.05, 0) is 29.3 Å². The molecule has 144 valence electrons. The maximum absolute atomic E-state index is 12.4. The topological polar surface area (TPSA) is 74.3 Å². The minimum Gasteiger partial charge on any atom is -0.361 e. The highest BCUT2D eigenvalue weighted by Gasteiger charge is 2.30. The molecular formula is C23H19N3O2S. The molecule has 0 saturated carbocycles. The van der Waals surface area contributed by atoms with Crippen molar-refractivity contribution in [3.05, 3.63) is 102 Å². The third kappa shape index (κ3) is 3.11. The average Bonchev–Trinajstić information content (AvgIpc) is 3.28. The van der Waals surface area contributed by atoms with E-state index in [-0.39, 0.29) is 10.8 Å². The molecule has 29 heavy (non-hydrogen) atoms. The van der Waals surface area contributed by atoms with E-state index in [2.05, 4.69) is 27.9 Å². The summed E-state index contributed by atoms with van der Waals surface area (Å²) in [5.41, 5.74) is 3.97. The number of para-hydroxylation sites is 1. The van der Waals surface area contributed by atoms with Crippen LogP contribution in [0.25, 0.3) is 10.9 Å². The lowest BCUT2D eigenvalue weighted by atomic mass is 9.91. The molecule has 0 fully saturated rings. The zero-order valence-corrected chi connectivity index (χ0v) is 16.4. The van der Waals surface area contributed by atoms with Crippen molar-refractivity contribution in [2.75, 3.05) is 6.54 Å². The number of amidine groups is 1. The highest BCUT2D eigenvalue weighted by atomic mass is 32.2. The van der Waals surface area contributed by atoms with Crippen LogP contribution in [0.3, 0.4) is 0 Å². The monoisotopic (exact) mass is 401 g/mol. The standard InChI is InChI=1S/C23H19N3O2S/c27-29(28)22-13-7-5-11-18(22)23(26-29)25-14-19(16-8-2-1-3-9-16)20-15-24-21-12-6-4-10-17(20)21/h1-13,15,19,24H,14H2,(H,25,26)/t19-/m0/s1. The summed E-state index contributed by atoms with van der Waals surface area (Å²) in [6.07, 6.45) is 2.02. The van der Waals surface area contributed by atoms with Crippen LogP contribution in [0.2, 0.25) is 0 Å². The van der Waals surface area contributed by atoms with Gasteiger partial charge in [0.05, 0.1) is 11.4 Å². The zero-order valence-electron chi connectivity index (χ0n) is 15.5. The minimum absolute atomic E-state index is 0.00267. The van der Waals surface area contributed by atoms with Crippen LogP contribution in [0.4, 0.5) is 0 Å². The van der Waals surface area contributed by atoms with Crippen LogP contribution in [-0.4, -0.2) is 25.8 Å². The fourth-order valence-corrected chi connectivity index (χ4v) is 5.14. The number of aromatic nitrogens is 1. The lowest BCUT2D eigenvalue weighted by Gasteiger charge is -2.15. The quantitative estimate of drug-likeness (QED) is 0.542. The number of benzene rings is 3. The van der Waals surface area contributed by atoms with Crippen molar-refractivity contribution in [2.24, 2.45) is 4.99 Å². The predicted molar refractivity (Wildman–Crippen MR) is 115 cm³/mol. The average molecular weight is 401 g/mol. The van der Waals surface area contributed by atoms with Crippen molar-refractivity contribution >= 4 is 26.8 Å². The molecule has 6 heteroatoms. The lowest BCUT2D eigenvalue weighted by Crippen LogP contribution is -2.23. The van der Waals surface area contributed by atoms with Gasteiger partial charge in [-0.3, -0.25) is 9.71 Å². The summed E-state index contributed by atoms with van der Waals surface area (Å²) in [4.78, 5) is 8.33. The van der Waals surface area contributed by atoms with Gasteiger partial charge >= 0.3 is 0 Å². The van der Waals surface area contributed by atoms with Crippen LogP contribution < -0.4 is 4.72 Å². The van der Waals surface area contributed by atoms with Crippen molar-refractivity contribution in [3.63, 3.8) is 0 Å². The SMILES string of the molecule is O=S1(=O)NC(=NC[C@@H](c2ccccc2)c2c[nH]c3ccccc23)c2ccccc21. The number of hydrogen-bond acceptors (Lipinski definition) is 3. The molecule has 0 radical (unpaired) electrons. The summed E-state index contributed by atoms with van der Waals surface area (Å²) >= 11 is 0. The summed E-state index contributed by atoms with van der Waals surface area (Å²) in [6, 6.07) is 25.3. The molecule has 0 saturated heterocycles. The maximum Gasteiger partial charge on any atom is 0.263 e. The smallest absolute Gasteiger partial charge is 0.263 e. The Bertz CT molecular complexity index is 1320. The number of sulfonamides is 1. The van der Waals surface area contributed by atoms with E-state index in [0.717, 1.165) is 22.0 Å². The first kappa shape index (κ1) is 17.7. The summed E-state index contributed by atoms with van der Waals surface area (Å²) in [6.45, 7) is 0.429. The van der Waals surface area contributed by atoms with Gasteiger partial charge in [-0.2, -0.15) is 0 Å². The molecule has 0 spiro atoms. The molecule has 5 nitrogen and oxygen atoms in total. The summed E-state index contributed by atoms with van der Waals surface area (Å²) in [5, 5.41) is 1.15. The maximum atomic E-state index is 12.4. The molecule has 1 aromatic heterocycles. The Morgan fingerprint density at radius 2 is 1.59 bits per heavy atom. The molecule has 1 atom stereocenters. The van der Waals surface area contributed by atoms with Gasteiger partial charge in [-0.15, -0.1) is 0 Å². The second-order valence-electron chi connectivity index (χ2n) is 7.04. The normalized spacial score (nSPS) is 17.2. The number of nitrogens with one attached hydrogen (secondary N) is 2. The number of H-pyrrole nitrogens is 1. The predicted octanol–water partition coefficient (Wildman–Crippen LogP) is 4.04. The van der Waals surface area contributed by atoms with E-state index in [9.17, 15) is 8.42 Å². The van der Waals surface area contributed by atoms with E-state index in [1.54, 1.807) is 18.2 Å². The van der Waals surface area contributed by atoms with Gasteiger partial charge in [-0.1, -0.05) is 60.7 Å². The first-order valence-electron chi connectivity index (χ1n) is 9.41. The Morgan fingerprint density at radius 1 is 0.862 bits per heavy atom. The van der Waals surface area contributed by atoms with Crippen LogP contribution in [-0.2, 0) is 10.0 Å². The van der Waals surface area contributed by atoms with Crippen LogP contribution >= 0.6 is 0 Å². The lowest BCUT2D eigenvalue weighted by molar-refractivity contribution is 0.595. The number of aliphatic imine (C=N–C) groups is 1. The largest absolute Gasteiger partial charge is 0.361 e. The van der Waals surface area contributed by atoms with E-state index < -0.39 is 10.0 Å². The first-order chi connectivity index (χ1) is 14.1. The number of hydrogen-bond donors (Lipinski definition) is 2. The fraction of sp³-hybridized carbons (Fsp3) is 0.0870. The molecule has 4 aromatic rings. The van der Waals surface area contributed by atoms with E-state index in [4.69, 9.17) is 4.99 Å². The molecular weight excluding hydrogens is 382 g/mol. The molecule has 3 aromatic carbocycles. The van der Waals surface area contributed by atoms with E-state index >= 15 is 0 Å². The highest BCUT2D eigenvalue weighted by molar-refractivity contribution is 7.90. The molecule has 0 amide bonds. The van der Waals surface area contributed by atoms with Crippen molar-refractivity contribution in [1.29, 1.82) is 0 Å².